The Kier molecular flexibility index (Phi) is 5.83. The van der Waals surface area contributed by atoms with Crippen LogP contribution in [0.25, 0.3) is 0 Å². The molecule has 29 heavy (non-hydrogen) atoms. The monoisotopic (exact) mass is 395 g/mol. The molecule has 0 saturated carbocycles. The van der Waals surface area contributed by atoms with Gasteiger partial charge in [0.25, 0.3) is 0 Å². The van der Waals surface area contributed by atoms with Crippen LogP contribution in [0.5, 0.6) is 5.75 Å². The summed E-state index contributed by atoms with van der Waals surface area (Å²) in [6.45, 7) is 0.355. The Bertz CT molecular complexity index is 1040. The van der Waals surface area contributed by atoms with Crippen LogP contribution in [0.4, 0.5) is 23.1 Å². The van der Waals surface area contributed by atoms with Crippen LogP contribution in [0, 0.1) is 10.1 Å². The second kappa shape index (κ2) is 8.65. The fraction of sp³-hybridized carbons (Fsp3) is 0.105. The van der Waals surface area contributed by atoms with Crippen molar-refractivity contribution in [1.82, 2.24) is 9.97 Å². The molecule has 0 aliphatic carbocycles. The molecule has 0 amide bonds. The second-order valence-corrected chi connectivity index (χ2v) is 6.04. The number of carboxylic acid groups (broad SMARTS) is 1. The number of nitrogens with zero attached hydrogens (tertiary/aromatic N) is 3. The highest BCUT2D eigenvalue weighted by Gasteiger charge is 2.17. The van der Waals surface area contributed by atoms with E-state index >= 15 is 0 Å². The number of anilines is 3. The molecule has 0 fully saturated rings. The molecule has 10 nitrogen and oxygen atoms in total. The number of nitrogens with one attached hydrogen (secondary N) is 2. The first kappa shape index (κ1) is 19.5. The number of carboxylic acids is 1. The van der Waals surface area contributed by atoms with Gasteiger partial charge in [0.15, 0.2) is 0 Å². The van der Waals surface area contributed by atoms with Crippen molar-refractivity contribution in [2.45, 2.75) is 6.42 Å². The van der Waals surface area contributed by atoms with Gasteiger partial charge >= 0.3 is 11.7 Å². The molecule has 0 aliphatic heterocycles. The fourth-order valence-electron chi connectivity index (χ4n) is 2.56. The summed E-state index contributed by atoms with van der Waals surface area (Å²) in [5.41, 5.74) is 1.27. The van der Waals surface area contributed by atoms with Crippen LogP contribution < -0.4 is 10.6 Å². The Morgan fingerprint density at radius 3 is 2.59 bits per heavy atom. The standard InChI is InChI=1S/C19H17N5O5/c25-15-3-1-2-12(10-15)8-9-20-17-16(24(28)29)11-21-19(23-17)22-14-6-4-13(5-7-14)18(26)27/h1-7,10-11,25H,8-9H2,(H,26,27)(H2,20,21,22,23). The normalized spacial score (nSPS) is 10.3. The van der Waals surface area contributed by atoms with Crippen LogP contribution >= 0.6 is 0 Å². The van der Waals surface area contributed by atoms with Gasteiger partial charge in [0, 0.05) is 12.2 Å². The summed E-state index contributed by atoms with van der Waals surface area (Å²) >= 11 is 0. The first-order valence-corrected chi connectivity index (χ1v) is 8.56. The molecule has 148 valence electrons. The zero-order chi connectivity index (χ0) is 20.8. The fourth-order valence-corrected chi connectivity index (χ4v) is 2.56. The maximum absolute atomic E-state index is 11.2. The van der Waals surface area contributed by atoms with E-state index in [-0.39, 0.29) is 28.8 Å². The summed E-state index contributed by atoms with van der Waals surface area (Å²) in [5, 5.41) is 35.5. The molecule has 0 unspecified atom stereocenters. The van der Waals surface area contributed by atoms with Gasteiger partial charge in [-0.2, -0.15) is 4.98 Å². The van der Waals surface area contributed by atoms with Crippen molar-refractivity contribution in [3.8, 4) is 5.75 Å². The van der Waals surface area contributed by atoms with Crippen LogP contribution in [0.1, 0.15) is 15.9 Å². The highest BCUT2D eigenvalue weighted by molar-refractivity contribution is 5.88. The van der Waals surface area contributed by atoms with Crippen molar-refractivity contribution in [1.29, 1.82) is 0 Å². The van der Waals surface area contributed by atoms with Gasteiger partial charge < -0.3 is 20.8 Å². The average Bonchev–Trinajstić information content (AvgIpc) is 2.68. The number of phenols is 1. The quantitative estimate of drug-likeness (QED) is 0.333. The Morgan fingerprint density at radius 1 is 1.17 bits per heavy atom. The summed E-state index contributed by atoms with van der Waals surface area (Å²) in [6, 6.07) is 12.7. The lowest BCUT2D eigenvalue weighted by Crippen LogP contribution is -2.10. The Balaban J connectivity index is 1.73. The van der Waals surface area contributed by atoms with E-state index in [4.69, 9.17) is 5.11 Å². The molecule has 0 radical (unpaired) electrons. The summed E-state index contributed by atoms with van der Waals surface area (Å²) in [6.07, 6.45) is 1.62. The number of phenolic OH excluding ortho intramolecular Hbond substituents is 1. The Hall–Kier alpha value is -4.21. The number of hydrogen-bond acceptors (Lipinski definition) is 8. The third kappa shape index (κ3) is 5.16. The third-order valence-corrected chi connectivity index (χ3v) is 3.97. The SMILES string of the molecule is O=C(O)c1ccc(Nc2ncc([N+](=O)[O-])c(NCCc3cccc(O)c3)n2)cc1. The largest absolute Gasteiger partial charge is 0.508 e. The molecule has 10 heteroatoms. The third-order valence-electron chi connectivity index (χ3n) is 3.97. The molecule has 3 aromatic rings. The molecular formula is C19H17N5O5. The number of hydrogen-bond donors (Lipinski definition) is 4. The van der Waals surface area contributed by atoms with E-state index in [1.807, 2.05) is 6.07 Å². The Morgan fingerprint density at radius 2 is 1.93 bits per heavy atom. The van der Waals surface area contributed by atoms with Crippen molar-refractivity contribution in [2.24, 2.45) is 0 Å². The summed E-state index contributed by atoms with van der Waals surface area (Å²) in [7, 11) is 0. The van der Waals surface area contributed by atoms with Gasteiger partial charge in [-0.15, -0.1) is 0 Å². The van der Waals surface area contributed by atoms with E-state index in [1.165, 1.54) is 12.1 Å². The van der Waals surface area contributed by atoms with Gasteiger partial charge in [-0.1, -0.05) is 12.1 Å². The van der Waals surface area contributed by atoms with Crippen molar-refractivity contribution in [2.75, 3.05) is 17.2 Å². The molecular weight excluding hydrogens is 378 g/mol. The number of aromatic carboxylic acids is 1. The number of nitro groups is 1. The topological polar surface area (TPSA) is 151 Å². The van der Waals surface area contributed by atoms with E-state index in [1.54, 1.807) is 30.3 Å². The highest BCUT2D eigenvalue weighted by Crippen LogP contribution is 2.24. The minimum Gasteiger partial charge on any atom is -0.508 e. The summed E-state index contributed by atoms with van der Waals surface area (Å²) < 4.78 is 0. The molecule has 2 aromatic carbocycles. The van der Waals surface area contributed by atoms with Gasteiger partial charge in [-0.3, -0.25) is 10.1 Å². The number of aromatic nitrogens is 2. The van der Waals surface area contributed by atoms with Crippen LogP contribution in [0.2, 0.25) is 0 Å². The minimum absolute atomic E-state index is 0.0507. The first-order chi connectivity index (χ1) is 13.9. The molecule has 1 aromatic heterocycles. The van der Waals surface area contributed by atoms with E-state index in [2.05, 4.69) is 20.6 Å². The Labute approximate surface area is 165 Å². The molecule has 0 atom stereocenters. The molecule has 4 N–H and O–H groups in total. The predicted octanol–water partition coefficient (Wildman–Crippen LogP) is 3.19. The number of benzene rings is 2. The van der Waals surface area contributed by atoms with Crippen molar-refractivity contribution >= 4 is 29.1 Å². The van der Waals surface area contributed by atoms with Gasteiger partial charge in [0.05, 0.1) is 10.5 Å². The first-order valence-electron chi connectivity index (χ1n) is 8.56. The van der Waals surface area contributed by atoms with Gasteiger partial charge in [0.1, 0.15) is 11.9 Å². The second-order valence-electron chi connectivity index (χ2n) is 6.04. The van der Waals surface area contributed by atoms with Crippen LogP contribution in [0.15, 0.2) is 54.7 Å². The summed E-state index contributed by atoms with van der Waals surface area (Å²) in [4.78, 5) is 29.7. The lowest BCUT2D eigenvalue weighted by atomic mass is 10.1. The smallest absolute Gasteiger partial charge is 0.335 e. The lowest BCUT2D eigenvalue weighted by molar-refractivity contribution is -0.384. The van der Waals surface area contributed by atoms with E-state index in [9.17, 15) is 20.0 Å². The zero-order valence-electron chi connectivity index (χ0n) is 15.1. The summed E-state index contributed by atoms with van der Waals surface area (Å²) in [5.74, 6) is -0.717. The number of aromatic hydroxyl groups is 1. The van der Waals surface area contributed by atoms with Crippen LogP contribution in [-0.2, 0) is 6.42 Å². The van der Waals surface area contributed by atoms with Crippen molar-refractivity contribution in [3.05, 3.63) is 76.0 Å². The molecule has 0 bridgehead atoms. The van der Waals surface area contributed by atoms with Crippen molar-refractivity contribution in [3.63, 3.8) is 0 Å². The van der Waals surface area contributed by atoms with Crippen LogP contribution in [0.3, 0.4) is 0 Å². The molecule has 0 saturated heterocycles. The van der Waals surface area contributed by atoms with Crippen molar-refractivity contribution < 1.29 is 19.9 Å². The van der Waals surface area contributed by atoms with E-state index in [0.29, 0.717) is 18.7 Å². The van der Waals surface area contributed by atoms with E-state index < -0.39 is 10.9 Å². The average molecular weight is 395 g/mol. The van der Waals surface area contributed by atoms with Gasteiger partial charge in [-0.25, -0.2) is 9.78 Å². The van der Waals surface area contributed by atoms with Gasteiger partial charge in [0.2, 0.25) is 11.8 Å². The highest BCUT2D eigenvalue weighted by atomic mass is 16.6. The minimum atomic E-state index is -1.04. The maximum atomic E-state index is 11.2. The van der Waals surface area contributed by atoms with Crippen LogP contribution in [-0.4, -0.2) is 37.6 Å². The maximum Gasteiger partial charge on any atom is 0.335 e. The van der Waals surface area contributed by atoms with E-state index in [0.717, 1.165) is 11.8 Å². The molecule has 0 aliphatic rings. The molecule has 3 rings (SSSR count). The predicted molar refractivity (Wildman–Crippen MR) is 106 cm³/mol. The number of carbonyl (C=O) groups is 1. The zero-order valence-corrected chi connectivity index (χ0v) is 15.1. The lowest BCUT2D eigenvalue weighted by Gasteiger charge is -2.09. The number of rotatable bonds is 8. The van der Waals surface area contributed by atoms with Gasteiger partial charge in [-0.05, 0) is 48.4 Å². The molecule has 1 heterocycles. The molecule has 0 spiro atoms.